The molecule has 1 radical (unpaired) electrons. The van der Waals surface area contributed by atoms with E-state index in [2.05, 4.69) is 9.98 Å². The third-order valence-corrected chi connectivity index (χ3v) is 1.39. The predicted octanol–water partition coefficient (Wildman–Crippen LogP) is 0.104. The first kappa shape index (κ1) is 7.91. The molecular formula is C7H10N2O2+. The lowest BCUT2D eigenvalue weighted by atomic mass is 10.3. The van der Waals surface area contributed by atoms with Crippen LogP contribution in [0.25, 0.3) is 0 Å². The fourth-order valence-electron chi connectivity index (χ4n) is 0.871. The molecule has 0 saturated carbocycles. The summed E-state index contributed by atoms with van der Waals surface area (Å²) in [4.78, 5) is 18.5. The zero-order chi connectivity index (χ0) is 8.32. The third kappa shape index (κ3) is 1.63. The Bertz CT molecular complexity index is 208. The maximum absolute atomic E-state index is 10.6. The van der Waals surface area contributed by atoms with Crippen LogP contribution < -0.4 is 4.99 Å². The molecule has 1 aliphatic heterocycles. The molecule has 11 heavy (non-hydrogen) atoms. The number of aliphatic imine (C=N–C) groups is 2. The van der Waals surface area contributed by atoms with E-state index in [1.54, 1.807) is 0 Å². The minimum atomic E-state index is -0.953. The maximum atomic E-state index is 10.6. The Kier molecular flexibility index (Phi) is 2.03. The predicted molar refractivity (Wildman–Crippen MR) is 41.5 cm³/mol. The molecule has 1 aliphatic rings. The van der Waals surface area contributed by atoms with Crippen molar-refractivity contribution >= 4 is 18.4 Å². The van der Waals surface area contributed by atoms with Gasteiger partial charge in [-0.2, -0.15) is 4.99 Å². The smallest absolute Gasteiger partial charge is 0.376 e. The molecule has 1 heterocycles. The highest BCUT2D eigenvalue weighted by Crippen LogP contribution is 2.15. The lowest BCUT2D eigenvalue weighted by Crippen LogP contribution is -2.34. The van der Waals surface area contributed by atoms with E-state index >= 15 is 0 Å². The van der Waals surface area contributed by atoms with E-state index in [1.807, 2.05) is 6.92 Å². The van der Waals surface area contributed by atoms with Gasteiger partial charge in [0, 0.05) is 6.92 Å². The van der Waals surface area contributed by atoms with Gasteiger partial charge in [0.15, 0.2) is 0 Å². The monoisotopic (exact) mass is 154 g/mol. The molecule has 0 N–H and O–H groups in total. The molecule has 0 amide bonds. The van der Waals surface area contributed by atoms with Crippen molar-refractivity contribution in [2.45, 2.75) is 26.1 Å². The van der Waals surface area contributed by atoms with Crippen molar-refractivity contribution < 1.29 is 9.53 Å². The van der Waals surface area contributed by atoms with Crippen LogP contribution in [0.3, 0.4) is 0 Å². The summed E-state index contributed by atoms with van der Waals surface area (Å²) in [6.45, 7) is 3.21. The molecule has 0 bridgehead atoms. The van der Waals surface area contributed by atoms with Crippen molar-refractivity contribution in [3.63, 3.8) is 0 Å². The maximum Gasteiger partial charge on any atom is 0.475 e. The van der Waals surface area contributed by atoms with E-state index in [1.165, 1.54) is 19.4 Å². The van der Waals surface area contributed by atoms with E-state index in [0.29, 0.717) is 6.42 Å². The van der Waals surface area contributed by atoms with E-state index in [9.17, 15) is 4.79 Å². The minimum absolute atomic E-state index is 0.358. The Hall–Kier alpha value is -1.19. The highest BCUT2D eigenvalue weighted by molar-refractivity contribution is 6.17. The second-order valence-corrected chi connectivity index (χ2v) is 2.25. The third-order valence-electron chi connectivity index (χ3n) is 1.39. The van der Waals surface area contributed by atoms with Gasteiger partial charge in [0.2, 0.25) is 0 Å². The van der Waals surface area contributed by atoms with Crippen LogP contribution in [0.5, 0.6) is 0 Å². The van der Waals surface area contributed by atoms with Crippen LogP contribution in [-0.2, 0) is 9.53 Å². The second-order valence-electron chi connectivity index (χ2n) is 2.25. The number of rotatable bonds is 2. The molecule has 0 spiro atoms. The zero-order valence-corrected chi connectivity index (χ0v) is 6.57. The molecule has 4 nitrogen and oxygen atoms in total. The van der Waals surface area contributed by atoms with Crippen molar-refractivity contribution in [2.75, 3.05) is 0 Å². The molecule has 0 aromatic carbocycles. The quantitative estimate of drug-likeness (QED) is 0.530. The van der Waals surface area contributed by atoms with E-state index in [4.69, 9.17) is 4.74 Å². The Morgan fingerprint density at radius 3 is 2.91 bits per heavy atom. The van der Waals surface area contributed by atoms with E-state index < -0.39 is 5.85 Å². The number of esters is 1. The Morgan fingerprint density at radius 1 is 1.82 bits per heavy atom. The normalized spacial score (nSPS) is 27.5. The SMILES string of the molecule is CCC1(OC(C)=O)N=CC=[N+]1. The molecule has 1 rings (SSSR count). The summed E-state index contributed by atoms with van der Waals surface area (Å²) >= 11 is 0. The van der Waals surface area contributed by atoms with Crippen LogP contribution in [0.15, 0.2) is 4.99 Å². The van der Waals surface area contributed by atoms with Crippen molar-refractivity contribution in [2.24, 2.45) is 4.99 Å². The average Bonchev–Trinajstić information content (AvgIpc) is 2.36. The average molecular weight is 154 g/mol. The van der Waals surface area contributed by atoms with Crippen LogP contribution in [0.4, 0.5) is 0 Å². The summed E-state index contributed by atoms with van der Waals surface area (Å²) in [5, 5.41) is 0. The molecule has 4 heteroatoms. The number of nitrogens with zero attached hydrogens (tertiary/aromatic N) is 2. The van der Waals surface area contributed by atoms with E-state index in [0.717, 1.165) is 0 Å². The molecule has 59 valence electrons. The first-order chi connectivity index (χ1) is 5.18. The van der Waals surface area contributed by atoms with Crippen LogP contribution >= 0.6 is 0 Å². The summed E-state index contributed by atoms with van der Waals surface area (Å²) in [6, 6.07) is 0. The first-order valence-corrected chi connectivity index (χ1v) is 3.47. The standard InChI is InChI=1S/C7H10N2O2/c1-3-7(11-6(2)10)8-4-5-9-7/h4-5H,3H2,1-2H3/q+1. The van der Waals surface area contributed by atoms with Crippen molar-refractivity contribution in [3.05, 3.63) is 0 Å². The van der Waals surface area contributed by atoms with Gasteiger partial charge in [-0.25, -0.2) is 0 Å². The van der Waals surface area contributed by atoms with Crippen LogP contribution in [0, 0.1) is 0 Å². The van der Waals surface area contributed by atoms with Crippen LogP contribution in [-0.4, -0.2) is 24.2 Å². The van der Waals surface area contributed by atoms with Crippen LogP contribution in [0.2, 0.25) is 0 Å². The number of hydrogen-bond donors (Lipinski definition) is 0. The molecule has 0 aliphatic carbocycles. The molecule has 0 aromatic rings. The largest absolute Gasteiger partial charge is 0.475 e. The van der Waals surface area contributed by atoms with Gasteiger partial charge in [-0.3, -0.25) is 4.79 Å². The van der Waals surface area contributed by atoms with Gasteiger partial charge in [-0.05, 0) is 0 Å². The summed E-state index contributed by atoms with van der Waals surface area (Å²) in [5.74, 6) is -1.31. The van der Waals surface area contributed by atoms with Gasteiger partial charge < -0.3 is 4.74 Å². The zero-order valence-electron chi connectivity index (χ0n) is 6.57. The van der Waals surface area contributed by atoms with Crippen molar-refractivity contribution in [1.82, 2.24) is 4.99 Å². The van der Waals surface area contributed by atoms with Gasteiger partial charge in [0.1, 0.15) is 6.21 Å². The van der Waals surface area contributed by atoms with Crippen molar-refractivity contribution in [3.8, 4) is 0 Å². The lowest BCUT2D eigenvalue weighted by molar-refractivity contribution is -0.157. The highest BCUT2D eigenvalue weighted by Gasteiger charge is 2.43. The summed E-state index contributed by atoms with van der Waals surface area (Å²) < 4.78 is 4.91. The summed E-state index contributed by atoms with van der Waals surface area (Å²) in [6.07, 6.45) is 3.64. The first-order valence-electron chi connectivity index (χ1n) is 3.47. The Morgan fingerprint density at radius 2 is 2.55 bits per heavy atom. The Balaban J connectivity index is 2.69. The number of hydrogen-bond acceptors (Lipinski definition) is 4. The van der Waals surface area contributed by atoms with Crippen molar-refractivity contribution in [1.29, 1.82) is 0 Å². The number of carbonyl (C=O) groups excluding carboxylic acids is 1. The second kappa shape index (κ2) is 2.82. The Labute approximate surface area is 65.0 Å². The molecule has 0 atom stereocenters. The highest BCUT2D eigenvalue weighted by atomic mass is 16.6. The topological polar surface area (TPSA) is 52.8 Å². The molecule has 0 saturated heterocycles. The van der Waals surface area contributed by atoms with Gasteiger partial charge >= 0.3 is 11.8 Å². The summed E-state index contributed by atoms with van der Waals surface area (Å²) in [7, 11) is 0. The molecule has 0 unspecified atom stereocenters. The molecule has 0 fully saturated rings. The fraction of sp³-hybridized carbons (Fsp3) is 0.571. The van der Waals surface area contributed by atoms with Gasteiger partial charge in [0.25, 0.3) is 6.21 Å². The van der Waals surface area contributed by atoms with Gasteiger partial charge in [0.05, 0.1) is 11.4 Å². The van der Waals surface area contributed by atoms with E-state index in [-0.39, 0.29) is 5.97 Å². The lowest BCUT2D eigenvalue weighted by Gasteiger charge is -2.09. The molecular weight excluding hydrogens is 144 g/mol. The van der Waals surface area contributed by atoms with Gasteiger partial charge in [-0.1, -0.05) is 6.92 Å². The van der Waals surface area contributed by atoms with Gasteiger partial charge in [-0.15, -0.1) is 0 Å². The molecule has 0 aromatic heterocycles. The number of ether oxygens (including phenoxy) is 1. The van der Waals surface area contributed by atoms with Crippen LogP contribution in [0.1, 0.15) is 20.3 Å². The number of carbonyl (C=O) groups is 1. The summed E-state index contributed by atoms with van der Waals surface area (Å²) in [5.41, 5.74) is 0. The fourth-order valence-corrected chi connectivity index (χ4v) is 0.871. The minimum Gasteiger partial charge on any atom is -0.376 e.